The van der Waals surface area contributed by atoms with Crippen LogP contribution in [0.2, 0.25) is 0 Å². The van der Waals surface area contributed by atoms with Crippen molar-refractivity contribution in [2.45, 2.75) is 24.8 Å². The lowest BCUT2D eigenvalue weighted by Crippen LogP contribution is -2.24. The number of rotatable bonds is 7. The molecule has 0 saturated heterocycles. The first kappa shape index (κ1) is 23.4. The first-order valence-corrected chi connectivity index (χ1v) is 12.6. The van der Waals surface area contributed by atoms with Gasteiger partial charge in [0, 0.05) is 37.7 Å². The Morgan fingerprint density at radius 1 is 1.06 bits per heavy atom. The minimum Gasteiger partial charge on any atom is -0.354 e. The summed E-state index contributed by atoms with van der Waals surface area (Å²) in [6.45, 7) is 2.68. The molecule has 0 saturated carbocycles. The standard InChI is InChI=1S/C24H25N5O4S/c1-4-25-23(30)18-10-7-8-15(26-18)12-16-13-19(22-20(27-16)14-29(2)24(22)31)28-17-9-5-6-11-21(17)34(3,32)33/h5-11,13H,4,12,14H2,1-3H3,(H,25,30)(H,27,28). The maximum Gasteiger partial charge on any atom is 0.269 e. The normalized spacial score (nSPS) is 13.0. The molecule has 0 unspecified atom stereocenters. The van der Waals surface area contributed by atoms with Gasteiger partial charge < -0.3 is 15.5 Å². The Hall–Kier alpha value is -3.79. The van der Waals surface area contributed by atoms with Gasteiger partial charge in [-0.2, -0.15) is 0 Å². The first-order chi connectivity index (χ1) is 16.2. The maximum atomic E-state index is 12.8. The van der Waals surface area contributed by atoms with Gasteiger partial charge in [0.1, 0.15) is 5.69 Å². The van der Waals surface area contributed by atoms with Gasteiger partial charge in [0.25, 0.3) is 11.8 Å². The van der Waals surface area contributed by atoms with Crippen LogP contribution in [0.25, 0.3) is 0 Å². The molecule has 10 heteroatoms. The minimum absolute atomic E-state index is 0.136. The fourth-order valence-electron chi connectivity index (χ4n) is 3.86. The highest BCUT2D eigenvalue weighted by atomic mass is 32.2. The van der Waals surface area contributed by atoms with E-state index in [1.807, 2.05) is 6.92 Å². The van der Waals surface area contributed by atoms with Crippen molar-refractivity contribution >= 4 is 33.0 Å². The lowest BCUT2D eigenvalue weighted by Gasteiger charge is -2.15. The number of carbonyl (C=O) groups is 2. The van der Waals surface area contributed by atoms with E-state index in [1.54, 1.807) is 54.4 Å². The second-order valence-electron chi connectivity index (χ2n) is 8.09. The van der Waals surface area contributed by atoms with Crippen LogP contribution < -0.4 is 10.6 Å². The Morgan fingerprint density at radius 3 is 2.56 bits per heavy atom. The quantitative estimate of drug-likeness (QED) is 0.534. The average Bonchev–Trinajstić information content (AvgIpc) is 3.07. The van der Waals surface area contributed by atoms with E-state index in [2.05, 4.69) is 20.6 Å². The zero-order chi connectivity index (χ0) is 24.5. The van der Waals surface area contributed by atoms with E-state index in [-0.39, 0.29) is 16.7 Å². The van der Waals surface area contributed by atoms with E-state index in [0.717, 1.165) is 6.26 Å². The number of hydrogen-bond donors (Lipinski definition) is 2. The minimum atomic E-state index is -3.49. The molecule has 2 aromatic heterocycles. The van der Waals surface area contributed by atoms with Gasteiger partial charge in [-0.25, -0.2) is 13.4 Å². The highest BCUT2D eigenvalue weighted by Gasteiger charge is 2.30. The average molecular weight is 480 g/mol. The highest BCUT2D eigenvalue weighted by molar-refractivity contribution is 7.90. The second kappa shape index (κ2) is 9.22. The van der Waals surface area contributed by atoms with Crippen molar-refractivity contribution in [1.29, 1.82) is 0 Å². The van der Waals surface area contributed by atoms with Crippen LogP contribution in [-0.2, 0) is 22.8 Å². The molecule has 9 nitrogen and oxygen atoms in total. The molecule has 2 amide bonds. The van der Waals surface area contributed by atoms with Crippen molar-refractivity contribution in [1.82, 2.24) is 20.2 Å². The van der Waals surface area contributed by atoms with Crippen molar-refractivity contribution in [3.63, 3.8) is 0 Å². The van der Waals surface area contributed by atoms with Crippen molar-refractivity contribution in [2.75, 3.05) is 25.2 Å². The number of benzene rings is 1. The van der Waals surface area contributed by atoms with Gasteiger partial charge in [0.15, 0.2) is 9.84 Å². The van der Waals surface area contributed by atoms with Crippen molar-refractivity contribution < 1.29 is 18.0 Å². The van der Waals surface area contributed by atoms with Crippen LogP contribution in [-0.4, -0.2) is 54.9 Å². The number of para-hydroxylation sites is 1. The molecule has 0 fully saturated rings. The van der Waals surface area contributed by atoms with E-state index < -0.39 is 9.84 Å². The number of nitrogens with zero attached hydrogens (tertiary/aromatic N) is 3. The third-order valence-corrected chi connectivity index (χ3v) is 6.54. The Labute approximate surface area is 198 Å². The SMILES string of the molecule is CCNC(=O)c1cccc(Cc2cc(Nc3ccccc3S(C)(=O)=O)c3c(n2)CN(C)C3=O)n1. The molecule has 0 spiro atoms. The monoisotopic (exact) mass is 479 g/mol. The Kier molecular flexibility index (Phi) is 6.34. The lowest BCUT2D eigenvalue weighted by molar-refractivity contribution is 0.0816. The fourth-order valence-corrected chi connectivity index (χ4v) is 4.71. The fraction of sp³-hybridized carbons (Fsp3) is 0.250. The molecule has 176 valence electrons. The molecule has 34 heavy (non-hydrogen) atoms. The topological polar surface area (TPSA) is 121 Å². The molecule has 3 heterocycles. The highest BCUT2D eigenvalue weighted by Crippen LogP contribution is 2.33. The number of amides is 2. The maximum absolute atomic E-state index is 12.8. The zero-order valence-corrected chi connectivity index (χ0v) is 19.9. The summed E-state index contributed by atoms with van der Waals surface area (Å²) in [7, 11) is -1.80. The number of nitrogens with one attached hydrogen (secondary N) is 2. The summed E-state index contributed by atoms with van der Waals surface area (Å²) in [6, 6.07) is 13.5. The molecule has 3 aromatic rings. The molecule has 0 radical (unpaired) electrons. The predicted octanol–water partition coefficient (Wildman–Crippen LogP) is 2.55. The number of aromatic nitrogens is 2. The number of pyridine rings is 2. The predicted molar refractivity (Wildman–Crippen MR) is 128 cm³/mol. The molecule has 1 aliphatic heterocycles. The Balaban J connectivity index is 1.74. The van der Waals surface area contributed by atoms with Crippen LogP contribution in [0.15, 0.2) is 53.4 Å². The summed E-state index contributed by atoms with van der Waals surface area (Å²) >= 11 is 0. The van der Waals surface area contributed by atoms with Gasteiger partial charge in [0.05, 0.1) is 34.1 Å². The van der Waals surface area contributed by atoms with Gasteiger partial charge in [-0.3, -0.25) is 14.6 Å². The summed E-state index contributed by atoms with van der Waals surface area (Å²) in [5.74, 6) is -0.442. The zero-order valence-electron chi connectivity index (χ0n) is 19.1. The van der Waals surface area contributed by atoms with Gasteiger partial charge >= 0.3 is 0 Å². The number of hydrogen-bond acceptors (Lipinski definition) is 7. The van der Waals surface area contributed by atoms with Crippen LogP contribution >= 0.6 is 0 Å². The summed E-state index contributed by atoms with van der Waals surface area (Å²) in [6.07, 6.45) is 1.48. The van der Waals surface area contributed by atoms with Gasteiger partial charge in [-0.05, 0) is 37.3 Å². The molecule has 1 aromatic carbocycles. The third-order valence-electron chi connectivity index (χ3n) is 5.39. The van der Waals surface area contributed by atoms with Crippen LogP contribution in [0.5, 0.6) is 0 Å². The lowest BCUT2D eigenvalue weighted by atomic mass is 10.1. The third kappa shape index (κ3) is 4.76. The molecule has 1 aliphatic rings. The van der Waals surface area contributed by atoms with E-state index in [0.29, 0.717) is 59.2 Å². The van der Waals surface area contributed by atoms with Crippen LogP contribution in [0.3, 0.4) is 0 Å². The van der Waals surface area contributed by atoms with E-state index in [1.165, 1.54) is 6.07 Å². The summed E-state index contributed by atoms with van der Waals surface area (Å²) in [5.41, 5.74) is 3.48. The largest absolute Gasteiger partial charge is 0.354 e. The molecule has 2 N–H and O–H groups in total. The van der Waals surface area contributed by atoms with Crippen molar-refractivity contribution in [3.05, 3.63) is 76.9 Å². The second-order valence-corrected chi connectivity index (χ2v) is 10.1. The number of sulfone groups is 1. The molecule has 0 atom stereocenters. The molecule has 0 aliphatic carbocycles. The van der Waals surface area contributed by atoms with Crippen molar-refractivity contribution in [2.24, 2.45) is 0 Å². The van der Waals surface area contributed by atoms with Gasteiger partial charge in [-0.1, -0.05) is 18.2 Å². The van der Waals surface area contributed by atoms with Crippen LogP contribution in [0.4, 0.5) is 11.4 Å². The summed E-state index contributed by atoms with van der Waals surface area (Å²) in [4.78, 5) is 35.8. The van der Waals surface area contributed by atoms with Crippen LogP contribution in [0.1, 0.15) is 44.9 Å². The number of anilines is 2. The molecular formula is C24H25N5O4S. The Morgan fingerprint density at radius 2 is 1.82 bits per heavy atom. The smallest absolute Gasteiger partial charge is 0.269 e. The number of fused-ring (bicyclic) bond motifs is 1. The number of carbonyl (C=O) groups excluding carboxylic acids is 2. The summed E-state index contributed by atoms with van der Waals surface area (Å²) < 4.78 is 24.5. The molecular weight excluding hydrogens is 454 g/mol. The Bertz CT molecular complexity index is 1390. The van der Waals surface area contributed by atoms with E-state index >= 15 is 0 Å². The van der Waals surface area contributed by atoms with Crippen molar-refractivity contribution in [3.8, 4) is 0 Å². The summed E-state index contributed by atoms with van der Waals surface area (Å²) in [5, 5.41) is 5.88. The van der Waals surface area contributed by atoms with E-state index in [9.17, 15) is 18.0 Å². The van der Waals surface area contributed by atoms with Gasteiger partial charge in [0.2, 0.25) is 0 Å². The molecule has 4 rings (SSSR count). The van der Waals surface area contributed by atoms with Gasteiger partial charge in [-0.15, -0.1) is 0 Å². The first-order valence-electron chi connectivity index (χ1n) is 10.8. The van der Waals surface area contributed by atoms with Crippen LogP contribution in [0, 0.1) is 0 Å². The molecule has 0 bridgehead atoms. The van der Waals surface area contributed by atoms with E-state index in [4.69, 9.17) is 0 Å².